The first kappa shape index (κ1) is 25.3. The highest BCUT2D eigenvalue weighted by Crippen LogP contribution is 2.33. The second-order valence-electron chi connectivity index (χ2n) is 10.2. The van der Waals surface area contributed by atoms with Gasteiger partial charge in [0.1, 0.15) is 0 Å². The number of piperidine rings is 3. The summed E-state index contributed by atoms with van der Waals surface area (Å²) in [5, 5.41) is 3.07. The van der Waals surface area contributed by atoms with E-state index in [4.69, 9.17) is 9.47 Å². The van der Waals surface area contributed by atoms with Gasteiger partial charge < -0.3 is 14.8 Å². The van der Waals surface area contributed by atoms with E-state index >= 15 is 0 Å². The molecule has 0 radical (unpaired) electrons. The summed E-state index contributed by atoms with van der Waals surface area (Å²) in [6, 6.07) is 1.22. The molecule has 0 bridgehead atoms. The highest BCUT2D eigenvalue weighted by molar-refractivity contribution is 7.86. The zero-order valence-electron chi connectivity index (χ0n) is 20.3. The molecule has 0 saturated carbocycles. The van der Waals surface area contributed by atoms with Gasteiger partial charge in [-0.3, -0.25) is 9.69 Å². The first-order valence-electron chi connectivity index (χ1n) is 12.9. The van der Waals surface area contributed by atoms with E-state index < -0.39 is 16.0 Å². The Hall–Kier alpha value is -0.780. The van der Waals surface area contributed by atoms with Gasteiger partial charge in [-0.1, -0.05) is 6.42 Å². The highest BCUT2D eigenvalue weighted by atomic mass is 32.2. The van der Waals surface area contributed by atoms with Crippen molar-refractivity contribution in [2.75, 3.05) is 52.5 Å². The molecule has 4 saturated heterocycles. The van der Waals surface area contributed by atoms with Crippen molar-refractivity contribution in [1.82, 2.24) is 18.8 Å². The Morgan fingerprint density at radius 2 is 1.64 bits per heavy atom. The number of likely N-dealkylation sites (tertiary alicyclic amines) is 1. The molecule has 4 rings (SSSR count). The van der Waals surface area contributed by atoms with Crippen molar-refractivity contribution in [1.29, 1.82) is 0 Å². The fourth-order valence-corrected chi connectivity index (χ4v) is 7.60. The number of nitrogens with zero attached hydrogens (tertiary/aromatic N) is 3. The van der Waals surface area contributed by atoms with Crippen LogP contribution in [0.15, 0.2) is 0 Å². The number of hydrogen-bond donors (Lipinski definition) is 1. The molecule has 4 fully saturated rings. The average Bonchev–Trinajstić information content (AvgIpc) is 3.26. The third-order valence-electron chi connectivity index (χ3n) is 7.97. The molecule has 0 aromatic rings. The number of rotatable bonds is 7. The first-order chi connectivity index (χ1) is 15.8. The minimum atomic E-state index is -3.58. The number of hydrogen-bond acceptors (Lipinski definition) is 6. The molecule has 33 heavy (non-hydrogen) atoms. The zero-order valence-corrected chi connectivity index (χ0v) is 21.2. The molecule has 1 N–H and O–H groups in total. The second kappa shape index (κ2) is 10.9. The summed E-state index contributed by atoms with van der Waals surface area (Å²) < 4.78 is 41.0. The van der Waals surface area contributed by atoms with E-state index in [0.717, 1.165) is 19.4 Å². The van der Waals surface area contributed by atoms with E-state index in [0.29, 0.717) is 70.7 Å². The molecule has 0 aromatic heterocycles. The molecule has 1 amide bonds. The highest BCUT2D eigenvalue weighted by Gasteiger charge is 2.44. The van der Waals surface area contributed by atoms with Gasteiger partial charge in [-0.15, -0.1) is 0 Å². The van der Waals surface area contributed by atoms with Crippen molar-refractivity contribution in [2.24, 2.45) is 5.92 Å². The van der Waals surface area contributed by atoms with Crippen LogP contribution in [0.2, 0.25) is 0 Å². The van der Waals surface area contributed by atoms with E-state index in [2.05, 4.69) is 24.1 Å². The SMILES string of the molecule is C[C@@H]1CCC[C@@H](C)N1CCCNC(=O)[C@@H]1CCCN(S(=O)(=O)N2CCC3(CC2)OCCO3)C1. The quantitative estimate of drug-likeness (QED) is 0.549. The Labute approximate surface area is 199 Å². The van der Waals surface area contributed by atoms with Crippen molar-refractivity contribution in [3.05, 3.63) is 0 Å². The Morgan fingerprint density at radius 3 is 2.30 bits per heavy atom. The summed E-state index contributed by atoms with van der Waals surface area (Å²) in [6.45, 7) is 8.91. The van der Waals surface area contributed by atoms with E-state index in [1.165, 1.54) is 27.9 Å². The molecule has 3 atom stereocenters. The summed E-state index contributed by atoms with van der Waals surface area (Å²) in [4.78, 5) is 15.4. The molecule has 0 unspecified atom stereocenters. The van der Waals surface area contributed by atoms with Crippen LogP contribution in [0.25, 0.3) is 0 Å². The summed E-state index contributed by atoms with van der Waals surface area (Å²) in [7, 11) is -3.58. The monoisotopic (exact) mass is 486 g/mol. The lowest BCUT2D eigenvalue weighted by Crippen LogP contribution is -2.54. The van der Waals surface area contributed by atoms with Gasteiger partial charge in [-0.25, -0.2) is 0 Å². The molecule has 4 aliphatic rings. The van der Waals surface area contributed by atoms with Gasteiger partial charge in [0, 0.05) is 64.2 Å². The molecule has 9 nitrogen and oxygen atoms in total. The molecular weight excluding hydrogens is 444 g/mol. The van der Waals surface area contributed by atoms with Crippen molar-refractivity contribution in [3.63, 3.8) is 0 Å². The van der Waals surface area contributed by atoms with Crippen LogP contribution < -0.4 is 5.32 Å². The zero-order chi connectivity index (χ0) is 23.5. The van der Waals surface area contributed by atoms with Crippen LogP contribution >= 0.6 is 0 Å². The lowest BCUT2D eigenvalue weighted by atomic mass is 9.97. The summed E-state index contributed by atoms with van der Waals surface area (Å²) >= 11 is 0. The molecule has 10 heteroatoms. The number of ether oxygens (including phenoxy) is 2. The third-order valence-corrected chi connectivity index (χ3v) is 9.98. The third kappa shape index (κ3) is 5.90. The maximum absolute atomic E-state index is 13.2. The van der Waals surface area contributed by atoms with Crippen LogP contribution in [-0.4, -0.2) is 98.2 Å². The molecule has 1 spiro atoms. The van der Waals surface area contributed by atoms with Crippen molar-refractivity contribution in [3.8, 4) is 0 Å². The predicted octanol–water partition coefficient (Wildman–Crippen LogP) is 1.55. The summed E-state index contributed by atoms with van der Waals surface area (Å²) in [5.74, 6) is -0.890. The van der Waals surface area contributed by atoms with Crippen molar-refractivity contribution < 1.29 is 22.7 Å². The Balaban J connectivity index is 1.22. The van der Waals surface area contributed by atoms with E-state index in [1.807, 2.05) is 0 Å². The molecule has 190 valence electrons. The van der Waals surface area contributed by atoms with Gasteiger partial charge in [0.2, 0.25) is 5.91 Å². The van der Waals surface area contributed by atoms with Crippen LogP contribution in [0.3, 0.4) is 0 Å². The van der Waals surface area contributed by atoms with E-state index in [1.54, 1.807) is 0 Å². The Kier molecular flexibility index (Phi) is 8.34. The lowest BCUT2D eigenvalue weighted by Gasteiger charge is -2.40. The van der Waals surface area contributed by atoms with Gasteiger partial charge in [-0.2, -0.15) is 17.0 Å². The van der Waals surface area contributed by atoms with Crippen LogP contribution in [-0.2, 0) is 24.5 Å². The number of carbonyl (C=O) groups is 1. The summed E-state index contributed by atoms with van der Waals surface area (Å²) in [5.41, 5.74) is 0. The second-order valence-corrected chi connectivity index (χ2v) is 12.2. The van der Waals surface area contributed by atoms with Gasteiger partial charge in [0.15, 0.2) is 5.79 Å². The largest absolute Gasteiger partial charge is 0.356 e. The lowest BCUT2D eigenvalue weighted by molar-refractivity contribution is -0.179. The van der Waals surface area contributed by atoms with E-state index in [9.17, 15) is 13.2 Å². The van der Waals surface area contributed by atoms with Crippen LogP contribution in [0.5, 0.6) is 0 Å². The Morgan fingerprint density at radius 1 is 0.970 bits per heavy atom. The van der Waals surface area contributed by atoms with Gasteiger partial charge in [0.05, 0.1) is 19.1 Å². The molecule has 4 heterocycles. The maximum atomic E-state index is 13.2. The molecule has 0 aromatic carbocycles. The summed E-state index contributed by atoms with van der Waals surface area (Å²) in [6.07, 6.45) is 7.29. The number of amides is 1. The number of carbonyl (C=O) groups excluding carboxylic acids is 1. The van der Waals surface area contributed by atoms with Gasteiger partial charge in [-0.05, 0) is 46.0 Å². The van der Waals surface area contributed by atoms with Crippen LogP contribution in [0.4, 0.5) is 0 Å². The smallest absolute Gasteiger partial charge is 0.282 e. The molecular formula is C23H42N4O5S. The molecule has 0 aliphatic carbocycles. The fourth-order valence-electron chi connectivity index (χ4n) is 5.91. The standard InChI is InChI=1S/C23H42N4O5S/c1-19-6-3-7-20(2)27(19)13-5-11-24-22(28)21-8-4-12-26(18-21)33(29,30)25-14-9-23(10-15-25)31-16-17-32-23/h19-21H,3-18H2,1-2H3,(H,24,28)/t19-,20-,21-/m1/s1. The van der Waals surface area contributed by atoms with Gasteiger partial charge in [0.25, 0.3) is 10.2 Å². The minimum Gasteiger partial charge on any atom is -0.356 e. The maximum Gasteiger partial charge on any atom is 0.282 e. The van der Waals surface area contributed by atoms with E-state index in [-0.39, 0.29) is 18.4 Å². The first-order valence-corrected chi connectivity index (χ1v) is 14.3. The van der Waals surface area contributed by atoms with Crippen molar-refractivity contribution >= 4 is 16.1 Å². The molecule has 4 aliphatic heterocycles. The minimum absolute atomic E-state index is 0.0139. The normalized spacial score (nSPS) is 32.2. The average molecular weight is 487 g/mol. The topological polar surface area (TPSA) is 91.4 Å². The predicted molar refractivity (Wildman–Crippen MR) is 126 cm³/mol. The number of nitrogens with one attached hydrogen (secondary N) is 1. The fraction of sp³-hybridized carbons (Fsp3) is 0.957. The van der Waals surface area contributed by atoms with Crippen LogP contribution in [0, 0.1) is 5.92 Å². The van der Waals surface area contributed by atoms with Crippen LogP contribution in [0.1, 0.15) is 65.2 Å². The van der Waals surface area contributed by atoms with Crippen molar-refractivity contribution in [2.45, 2.75) is 83.1 Å². The van der Waals surface area contributed by atoms with Gasteiger partial charge >= 0.3 is 0 Å². The Bertz CT molecular complexity index is 753.